The van der Waals surface area contributed by atoms with Crippen LogP contribution in [-0.2, 0) is 6.42 Å². The third kappa shape index (κ3) is 2.92. The summed E-state index contributed by atoms with van der Waals surface area (Å²) >= 11 is 5.75. The van der Waals surface area contributed by atoms with Crippen molar-refractivity contribution in [2.45, 2.75) is 19.4 Å². The molecule has 4 heteroatoms. The van der Waals surface area contributed by atoms with Crippen molar-refractivity contribution in [1.82, 2.24) is 5.32 Å². The van der Waals surface area contributed by atoms with Gasteiger partial charge in [0, 0.05) is 18.0 Å². The molecule has 0 saturated heterocycles. The summed E-state index contributed by atoms with van der Waals surface area (Å²) < 4.78 is 18.8. The molecule has 0 amide bonds. The number of rotatable bonds is 4. The zero-order chi connectivity index (χ0) is 13.1. The van der Waals surface area contributed by atoms with Crippen molar-refractivity contribution in [1.29, 1.82) is 0 Å². The molecule has 0 aliphatic carbocycles. The molecule has 1 aromatic carbocycles. The van der Waals surface area contributed by atoms with Crippen LogP contribution in [0.1, 0.15) is 12.7 Å². The molecule has 1 N–H and O–H groups in total. The summed E-state index contributed by atoms with van der Waals surface area (Å²) in [5.41, 5.74) is 0.782. The minimum absolute atomic E-state index is 0.106. The molecule has 0 spiro atoms. The SMILES string of the molecule is CNC(C)Cc1ccc(-c2ccc(F)c(Cl)c2)o1. The van der Waals surface area contributed by atoms with Gasteiger partial charge in [0.25, 0.3) is 0 Å². The average Bonchev–Trinajstić information content (AvgIpc) is 2.81. The van der Waals surface area contributed by atoms with Crippen molar-refractivity contribution >= 4 is 11.6 Å². The second kappa shape index (κ2) is 5.55. The molecule has 1 aromatic heterocycles. The Labute approximate surface area is 111 Å². The maximum absolute atomic E-state index is 13.1. The predicted octanol–water partition coefficient (Wildman–Crippen LogP) is 3.89. The molecule has 0 saturated carbocycles. The third-order valence-corrected chi connectivity index (χ3v) is 3.16. The van der Waals surface area contributed by atoms with Crippen molar-refractivity contribution in [3.8, 4) is 11.3 Å². The fraction of sp³-hybridized carbons (Fsp3) is 0.286. The smallest absolute Gasteiger partial charge is 0.141 e. The highest BCUT2D eigenvalue weighted by molar-refractivity contribution is 6.31. The topological polar surface area (TPSA) is 25.2 Å². The molecule has 1 unspecified atom stereocenters. The first kappa shape index (κ1) is 13.1. The van der Waals surface area contributed by atoms with Crippen molar-refractivity contribution in [2.75, 3.05) is 7.05 Å². The summed E-state index contributed by atoms with van der Waals surface area (Å²) in [6.07, 6.45) is 0.811. The summed E-state index contributed by atoms with van der Waals surface area (Å²) in [5, 5.41) is 3.25. The van der Waals surface area contributed by atoms with Crippen LogP contribution in [0.25, 0.3) is 11.3 Å². The standard InChI is InChI=1S/C14H15ClFNO/c1-9(17-2)7-11-4-6-14(18-11)10-3-5-13(16)12(15)8-10/h3-6,8-9,17H,7H2,1-2H3. The van der Waals surface area contributed by atoms with E-state index in [1.807, 2.05) is 19.2 Å². The largest absolute Gasteiger partial charge is 0.461 e. The van der Waals surface area contributed by atoms with Gasteiger partial charge < -0.3 is 9.73 Å². The molecule has 1 heterocycles. The Kier molecular flexibility index (Phi) is 4.04. The third-order valence-electron chi connectivity index (χ3n) is 2.87. The van der Waals surface area contributed by atoms with Crippen LogP contribution >= 0.6 is 11.6 Å². The lowest BCUT2D eigenvalue weighted by atomic mass is 10.2. The molecule has 0 radical (unpaired) electrons. The molecular formula is C14H15ClFNO. The molecule has 96 valence electrons. The molecular weight excluding hydrogens is 253 g/mol. The first-order chi connectivity index (χ1) is 8.60. The van der Waals surface area contributed by atoms with E-state index < -0.39 is 5.82 Å². The molecule has 0 aliphatic rings. The number of furan rings is 1. The average molecular weight is 268 g/mol. The van der Waals surface area contributed by atoms with Crippen molar-refractivity contribution in [3.05, 3.63) is 46.9 Å². The van der Waals surface area contributed by atoms with Gasteiger partial charge in [0.15, 0.2) is 0 Å². The Morgan fingerprint density at radius 2 is 2.11 bits per heavy atom. The predicted molar refractivity (Wildman–Crippen MR) is 71.3 cm³/mol. The summed E-state index contributed by atoms with van der Waals surface area (Å²) in [6.45, 7) is 2.08. The van der Waals surface area contributed by atoms with Gasteiger partial charge in [-0.3, -0.25) is 0 Å². The van der Waals surface area contributed by atoms with Crippen LogP contribution < -0.4 is 5.32 Å². The van der Waals surface area contributed by atoms with Crippen LogP contribution in [0.15, 0.2) is 34.7 Å². The van der Waals surface area contributed by atoms with Crippen LogP contribution in [0, 0.1) is 5.82 Å². The van der Waals surface area contributed by atoms with Gasteiger partial charge in [-0.2, -0.15) is 0 Å². The Morgan fingerprint density at radius 3 is 2.78 bits per heavy atom. The van der Waals surface area contributed by atoms with Gasteiger partial charge in [-0.1, -0.05) is 11.6 Å². The molecule has 2 nitrogen and oxygen atoms in total. The van der Waals surface area contributed by atoms with Gasteiger partial charge in [0.2, 0.25) is 0 Å². The van der Waals surface area contributed by atoms with E-state index in [1.54, 1.807) is 12.1 Å². The van der Waals surface area contributed by atoms with E-state index in [9.17, 15) is 4.39 Å². The zero-order valence-electron chi connectivity index (χ0n) is 10.3. The Balaban J connectivity index is 2.21. The van der Waals surface area contributed by atoms with Gasteiger partial charge in [0.05, 0.1) is 5.02 Å². The van der Waals surface area contributed by atoms with Crippen molar-refractivity contribution < 1.29 is 8.81 Å². The van der Waals surface area contributed by atoms with Crippen molar-refractivity contribution in [2.24, 2.45) is 0 Å². The van der Waals surface area contributed by atoms with Gasteiger partial charge in [0.1, 0.15) is 17.3 Å². The minimum atomic E-state index is -0.420. The van der Waals surface area contributed by atoms with E-state index in [2.05, 4.69) is 12.2 Å². The maximum atomic E-state index is 13.1. The number of likely N-dealkylation sites (N-methyl/N-ethyl adjacent to an activating group) is 1. The molecule has 2 rings (SSSR count). The first-order valence-corrected chi connectivity index (χ1v) is 6.19. The van der Waals surface area contributed by atoms with E-state index in [4.69, 9.17) is 16.0 Å². The van der Waals surface area contributed by atoms with E-state index >= 15 is 0 Å². The quantitative estimate of drug-likeness (QED) is 0.909. The van der Waals surface area contributed by atoms with E-state index in [1.165, 1.54) is 6.07 Å². The number of hydrogen-bond acceptors (Lipinski definition) is 2. The lowest BCUT2D eigenvalue weighted by molar-refractivity contribution is 0.481. The highest BCUT2D eigenvalue weighted by Crippen LogP contribution is 2.26. The minimum Gasteiger partial charge on any atom is -0.461 e. The summed E-state index contributed by atoms with van der Waals surface area (Å²) in [5.74, 6) is 1.18. The molecule has 1 atom stereocenters. The second-order valence-electron chi connectivity index (χ2n) is 4.29. The molecule has 18 heavy (non-hydrogen) atoms. The number of hydrogen-bond donors (Lipinski definition) is 1. The first-order valence-electron chi connectivity index (χ1n) is 5.81. The summed E-state index contributed by atoms with van der Waals surface area (Å²) in [4.78, 5) is 0. The maximum Gasteiger partial charge on any atom is 0.141 e. The number of benzene rings is 1. The van der Waals surface area contributed by atoms with Crippen LogP contribution in [-0.4, -0.2) is 13.1 Å². The highest BCUT2D eigenvalue weighted by Gasteiger charge is 2.09. The summed E-state index contributed by atoms with van der Waals surface area (Å²) in [6, 6.07) is 8.73. The number of halogens is 2. The fourth-order valence-electron chi connectivity index (χ4n) is 1.70. The lowest BCUT2D eigenvalue weighted by Gasteiger charge is -2.06. The normalized spacial score (nSPS) is 12.7. The van der Waals surface area contributed by atoms with Gasteiger partial charge in [-0.25, -0.2) is 4.39 Å². The van der Waals surface area contributed by atoms with Crippen LogP contribution in [0.4, 0.5) is 4.39 Å². The zero-order valence-corrected chi connectivity index (χ0v) is 11.1. The molecule has 0 fully saturated rings. The van der Waals surface area contributed by atoms with Crippen LogP contribution in [0.3, 0.4) is 0 Å². The van der Waals surface area contributed by atoms with E-state index in [-0.39, 0.29) is 5.02 Å². The Bertz CT molecular complexity index is 538. The van der Waals surface area contributed by atoms with Crippen LogP contribution in [0.2, 0.25) is 5.02 Å². The van der Waals surface area contributed by atoms with Gasteiger partial charge in [-0.15, -0.1) is 0 Å². The van der Waals surface area contributed by atoms with Gasteiger partial charge in [-0.05, 0) is 44.3 Å². The highest BCUT2D eigenvalue weighted by atomic mass is 35.5. The molecule has 0 bridgehead atoms. The molecule has 2 aromatic rings. The Hall–Kier alpha value is -1.32. The van der Waals surface area contributed by atoms with Gasteiger partial charge >= 0.3 is 0 Å². The lowest BCUT2D eigenvalue weighted by Crippen LogP contribution is -2.23. The summed E-state index contributed by atoms with van der Waals surface area (Å²) in [7, 11) is 1.91. The fourth-order valence-corrected chi connectivity index (χ4v) is 1.88. The Morgan fingerprint density at radius 1 is 1.33 bits per heavy atom. The van der Waals surface area contributed by atoms with Crippen LogP contribution in [0.5, 0.6) is 0 Å². The second-order valence-corrected chi connectivity index (χ2v) is 4.70. The van der Waals surface area contributed by atoms with E-state index in [0.717, 1.165) is 17.7 Å². The monoisotopic (exact) mass is 267 g/mol. The number of nitrogens with one attached hydrogen (secondary N) is 1. The molecule has 0 aliphatic heterocycles. The van der Waals surface area contributed by atoms with Crippen molar-refractivity contribution in [3.63, 3.8) is 0 Å². The van der Waals surface area contributed by atoms with E-state index in [0.29, 0.717) is 11.8 Å².